The standard InChI is InChI=1S/C23H25N3O4/c1-30-19-9-4-15(5-10-19)14-24-21(27)22(28)25-18-8-11-20-17(13-18)3-2-12-26(20)23(29)16-6-7-16/h4-5,8-11,13,16H,2-3,6-7,12,14H2,1H3,(H,24,27)(H,25,28). The summed E-state index contributed by atoms with van der Waals surface area (Å²) in [5.41, 5.74) is 3.36. The van der Waals surface area contributed by atoms with Crippen LogP contribution in [-0.4, -0.2) is 31.4 Å². The monoisotopic (exact) mass is 407 g/mol. The Balaban J connectivity index is 1.35. The maximum absolute atomic E-state index is 12.5. The number of carbonyl (C=O) groups excluding carboxylic acids is 3. The number of aryl methyl sites for hydroxylation is 1. The fourth-order valence-electron chi connectivity index (χ4n) is 3.65. The number of fused-ring (bicyclic) bond motifs is 1. The number of methoxy groups -OCH3 is 1. The van der Waals surface area contributed by atoms with Crippen LogP contribution >= 0.6 is 0 Å². The minimum atomic E-state index is -0.717. The molecule has 2 N–H and O–H groups in total. The first kappa shape index (κ1) is 19.9. The summed E-state index contributed by atoms with van der Waals surface area (Å²) >= 11 is 0. The molecule has 7 nitrogen and oxygen atoms in total. The second-order valence-electron chi connectivity index (χ2n) is 7.70. The van der Waals surface area contributed by atoms with Gasteiger partial charge in [-0.05, 0) is 67.1 Å². The Bertz CT molecular complexity index is 967. The van der Waals surface area contributed by atoms with E-state index >= 15 is 0 Å². The predicted octanol–water partition coefficient (Wildman–Crippen LogP) is 2.64. The Morgan fingerprint density at radius 2 is 1.83 bits per heavy atom. The van der Waals surface area contributed by atoms with Gasteiger partial charge in [0.25, 0.3) is 0 Å². The van der Waals surface area contributed by atoms with E-state index in [2.05, 4.69) is 10.6 Å². The van der Waals surface area contributed by atoms with Crippen molar-refractivity contribution in [2.24, 2.45) is 5.92 Å². The number of nitrogens with one attached hydrogen (secondary N) is 2. The number of benzene rings is 2. The maximum Gasteiger partial charge on any atom is 0.313 e. The molecule has 1 heterocycles. The minimum absolute atomic E-state index is 0.171. The zero-order valence-corrected chi connectivity index (χ0v) is 16.9. The SMILES string of the molecule is COc1ccc(CNC(=O)C(=O)Nc2ccc3c(c2)CCCN3C(=O)C2CC2)cc1. The van der Waals surface area contributed by atoms with Crippen LogP contribution in [0.1, 0.15) is 30.4 Å². The van der Waals surface area contributed by atoms with E-state index < -0.39 is 11.8 Å². The van der Waals surface area contributed by atoms with Gasteiger partial charge in [0.05, 0.1) is 7.11 Å². The van der Waals surface area contributed by atoms with E-state index in [1.165, 1.54) is 0 Å². The van der Waals surface area contributed by atoms with Gasteiger partial charge in [0.15, 0.2) is 0 Å². The van der Waals surface area contributed by atoms with Crippen molar-refractivity contribution in [3.63, 3.8) is 0 Å². The van der Waals surface area contributed by atoms with E-state index in [4.69, 9.17) is 4.74 Å². The maximum atomic E-state index is 12.5. The van der Waals surface area contributed by atoms with E-state index in [9.17, 15) is 14.4 Å². The third-order valence-corrected chi connectivity index (χ3v) is 5.47. The van der Waals surface area contributed by atoms with Crippen molar-refractivity contribution in [2.45, 2.75) is 32.2 Å². The molecule has 1 fully saturated rings. The van der Waals surface area contributed by atoms with Gasteiger partial charge in [-0.25, -0.2) is 0 Å². The molecule has 3 amide bonds. The number of ether oxygens (including phenoxy) is 1. The normalized spacial score (nSPS) is 15.2. The van der Waals surface area contributed by atoms with E-state index in [0.717, 1.165) is 54.8 Å². The Kier molecular flexibility index (Phi) is 5.70. The molecule has 0 aromatic heterocycles. The summed E-state index contributed by atoms with van der Waals surface area (Å²) in [4.78, 5) is 38.8. The molecule has 4 rings (SSSR count). The third-order valence-electron chi connectivity index (χ3n) is 5.47. The zero-order valence-electron chi connectivity index (χ0n) is 16.9. The van der Waals surface area contributed by atoms with Crippen LogP contribution < -0.4 is 20.3 Å². The van der Waals surface area contributed by atoms with Gasteiger partial charge in [-0.1, -0.05) is 12.1 Å². The molecule has 7 heteroatoms. The number of carbonyl (C=O) groups is 3. The van der Waals surface area contributed by atoms with Crippen LogP contribution in [0.3, 0.4) is 0 Å². The van der Waals surface area contributed by atoms with Crippen molar-refractivity contribution in [3.8, 4) is 5.75 Å². The van der Waals surface area contributed by atoms with Crippen molar-refractivity contribution in [3.05, 3.63) is 53.6 Å². The molecule has 156 valence electrons. The highest BCUT2D eigenvalue weighted by atomic mass is 16.5. The number of hydrogen-bond donors (Lipinski definition) is 2. The second-order valence-corrected chi connectivity index (χ2v) is 7.70. The van der Waals surface area contributed by atoms with Gasteiger partial charge >= 0.3 is 11.8 Å². The first-order chi connectivity index (χ1) is 14.5. The van der Waals surface area contributed by atoms with Crippen LogP contribution in [0.2, 0.25) is 0 Å². The van der Waals surface area contributed by atoms with Crippen molar-refractivity contribution in [1.82, 2.24) is 5.32 Å². The number of nitrogens with zero attached hydrogens (tertiary/aromatic N) is 1. The first-order valence-electron chi connectivity index (χ1n) is 10.2. The number of hydrogen-bond acceptors (Lipinski definition) is 4. The van der Waals surface area contributed by atoms with E-state index in [1.807, 2.05) is 29.2 Å². The molecule has 0 bridgehead atoms. The van der Waals surface area contributed by atoms with E-state index in [-0.39, 0.29) is 18.4 Å². The van der Waals surface area contributed by atoms with E-state index in [1.54, 1.807) is 25.3 Å². The second kappa shape index (κ2) is 8.57. The van der Waals surface area contributed by atoms with Gasteiger partial charge in [-0.2, -0.15) is 0 Å². The first-order valence-corrected chi connectivity index (χ1v) is 10.2. The van der Waals surface area contributed by atoms with Crippen molar-refractivity contribution >= 4 is 29.1 Å². The Morgan fingerprint density at radius 1 is 1.07 bits per heavy atom. The highest BCUT2D eigenvalue weighted by molar-refractivity contribution is 6.39. The average Bonchev–Trinajstić information content (AvgIpc) is 3.62. The van der Waals surface area contributed by atoms with Crippen molar-refractivity contribution in [1.29, 1.82) is 0 Å². The summed E-state index contributed by atoms with van der Waals surface area (Å²) in [7, 11) is 1.59. The smallest absolute Gasteiger partial charge is 0.313 e. The summed E-state index contributed by atoms with van der Waals surface area (Å²) in [6.45, 7) is 0.987. The van der Waals surface area contributed by atoms with Crippen molar-refractivity contribution in [2.75, 3.05) is 23.9 Å². The summed E-state index contributed by atoms with van der Waals surface area (Å²) in [5, 5.41) is 5.27. The lowest BCUT2D eigenvalue weighted by atomic mass is 10.0. The third kappa shape index (κ3) is 4.45. The number of amides is 3. The molecule has 0 atom stereocenters. The zero-order chi connectivity index (χ0) is 21.1. The molecule has 2 aromatic rings. The molecule has 0 spiro atoms. The lowest BCUT2D eigenvalue weighted by Crippen LogP contribution is -2.37. The Morgan fingerprint density at radius 3 is 2.53 bits per heavy atom. The lowest BCUT2D eigenvalue weighted by Gasteiger charge is -2.30. The molecule has 1 aliphatic carbocycles. The number of anilines is 2. The van der Waals surface area contributed by atoms with Crippen LogP contribution in [-0.2, 0) is 27.3 Å². The van der Waals surface area contributed by atoms with Crippen LogP contribution in [0.5, 0.6) is 5.75 Å². The van der Waals surface area contributed by atoms with Gasteiger partial charge in [-0.3, -0.25) is 14.4 Å². The molecular weight excluding hydrogens is 382 g/mol. The van der Waals surface area contributed by atoms with Gasteiger partial charge < -0.3 is 20.3 Å². The van der Waals surface area contributed by atoms with E-state index in [0.29, 0.717) is 5.69 Å². The summed E-state index contributed by atoms with van der Waals surface area (Å²) in [5.74, 6) is -0.317. The predicted molar refractivity (Wildman–Crippen MR) is 113 cm³/mol. The Labute approximate surface area is 175 Å². The van der Waals surface area contributed by atoms with Crippen LogP contribution in [0.15, 0.2) is 42.5 Å². The summed E-state index contributed by atoms with van der Waals surface area (Å²) < 4.78 is 5.10. The average molecular weight is 407 g/mol. The summed E-state index contributed by atoms with van der Waals surface area (Å²) in [6.07, 6.45) is 3.69. The highest BCUT2D eigenvalue weighted by Gasteiger charge is 2.35. The topological polar surface area (TPSA) is 87.7 Å². The molecule has 0 unspecified atom stereocenters. The van der Waals surface area contributed by atoms with Crippen molar-refractivity contribution < 1.29 is 19.1 Å². The highest BCUT2D eigenvalue weighted by Crippen LogP contribution is 2.36. The largest absolute Gasteiger partial charge is 0.497 e. The molecule has 2 aromatic carbocycles. The van der Waals surface area contributed by atoms with Crippen LogP contribution in [0, 0.1) is 5.92 Å². The Hall–Kier alpha value is -3.35. The molecule has 2 aliphatic rings. The van der Waals surface area contributed by atoms with Gasteiger partial charge in [0.1, 0.15) is 5.75 Å². The fourth-order valence-corrected chi connectivity index (χ4v) is 3.65. The molecule has 1 saturated carbocycles. The summed E-state index contributed by atoms with van der Waals surface area (Å²) in [6, 6.07) is 12.7. The number of rotatable bonds is 5. The fraction of sp³-hybridized carbons (Fsp3) is 0.348. The van der Waals surface area contributed by atoms with Gasteiger partial charge in [-0.15, -0.1) is 0 Å². The minimum Gasteiger partial charge on any atom is -0.497 e. The molecule has 0 radical (unpaired) electrons. The molecular formula is C23H25N3O4. The molecule has 0 saturated heterocycles. The van der Waals surface area contributed by atoms with Gasteiger partial charge in [0.2, 0.25) is 5.91 Å². The lowest BCUT2D eigenvalue weighted by molar-refractivity contribution is -0.136. The molecule has 1 aliphatic heterocycles. The van der Waals surface area contributed by atoms with Gasteiger partial charge in [0, 0.05) is 30.4 Å². The molecule has 30 heavy (non-hydrogen) atoms. The quantitative estimate of drug-likeness (QED) is 0.746. The van der Waals surface area contributed by atoms with Crippen LogP contribution in [0.25, 0.3) is 0 Å². The van der Waals surface area contributed by atoms with Crippen LogP contribution in [0.4, 0.5) is 11.4 Å².